The first kappa shape index (κ1) is 17.7. The van der Waals surface area contributed by atoms with Gasteiger partial charge in [-0.25, -0.2) is 15.2 Å². The van der Waals surface area contributed by atoms with E-state index >= 15 is 0 Å². The van der Waals surface area contributed by atoms with Gasteiger partial charge in [0.05, 0.1) is 13.0 Å². The van der Waals surface area contributed by atoms with Gasteiger partial charge in [-0.3, -0.25) is 20.0 Å². The predicted molar refractivity (Wildman–Crippen MR) is 86.8 cm³/mol. The molecule has 8 heteroatoms. The van der Waals surface area contributed by atoms with E-state index in [0.29, 0.717) is 12.1 Å². The first-order valence-corrected chi connectivity index (χ1v) is 7.91. The average Bonchev–Trinajstić information content (AvgIpc) is 2.59. The van der Waals surface area contributed by atoms with Crippen LogP contribution >= 0.6 is 0 Å². The first-order chi connectivity index (χ1) is 11.5. The summed E-state index contributed by atoms with van der Waals surface area (Å²) in [6.07, 6.45) is 1.54. The third-order valence-electron chi connectivity index (χ3n) is 3.78. The summed E-state index contributed by atoms with van der Waals surface area (Å²) in [4.78, 5) is 35.8. The predicted octanol–water partition coefficient (Wildman–Crippen LogP) is 1.22. The summed E-state index contributed by atoms with van der Waals surface area (Å²) in [7, 11) is 0. The van der Waals surface area contributed by atoms with Gasteiger partial charge in [-0.1, -0.05) is 18.2 Å². The van der Waals surface area contributed by atoms with Crippen molar-refractivity contribution < 1.29 is 19.5 Å². The van der Waals surface area contributed by atoms with Gasteiger partial charge in [0.2, 0.25) is 0 Å². The van der Waals surface area contributed by atoms with Crippen LogP contribution in [0.25, 0.3) is 0 Å². The number of carboxylic acids is 1. The second-order valence-corrected chi connectivity index (χ2v) is 5.65. The summed E-state index contributed by atoms with van der Waals surface area (Å²) >= 11 is 0. The van der Waals surface area contributed by atoms with Crippen LogP contribution in [0.15, 0.2) is 30.3 Å². The number of carbonyl (C=O) groups excluding carboxylic acids is 2. The molecule has 1 atom stereocenters. The Labute approximate surface area is 140 Å². The van der Waals surface area contributed by atoms with Crippen LogP contribution in [0.4, 0.5) is 4.79 Å². The van der Waals surface area contributed by atoms with Gasteiger partial charge in [0.15, 0.2) is 0 Å². The number of rotatable bonds is 4. The van der Waals surface area contributed by atoms with Crippen molar-refractivity contribution >= 4 is 17.9 Å². The Kier molecular flexibility index (Phi) is 6.14. The molecule has 0 unspecified atom stereocenters. The number of hydrogen-bond donors (Lipinski definition) is 3. The molecule has 1 aliphatic rings. The highest BCUT2D eigenvalue weighted by atomic mass is 16.4. The van der Waals surface area contributed by atoms with Crippen molar-refractivity contribution in [1.82, 2.24) is 20.9 Å². The van der Waals surface area contributed by atoms with Crippen molar-refractivity contribution in [1.29, 1.82) is 0 Å². The Bertz CT molecular complexity index is 593. The molecule has 8 nitrogen and oxygen atoms in total. The number of urea groups is 1. The lowest BCUT2D eigenvalue weighted by Crippen LogP contribution is -2.60. The van der Waals surface area contributed by atoms with Crippen molar-refractivity contribution in [3.63, 3.8) is 0 Å². The van der Waals surface area contributed by atoms with Gasteiger partial charge in [0.1, 0.15) is 0 Å². The molecule has 24 heavy (non-hydrogen) atoms. The van der Waals surface area contributed by atoms with E-state index in [1.807, 2.05) is 6.92 Å². The molecular formula is C16H22N4O4. The van der Waals surface area contributed by atoms with Gasteiger partial charge in [-0.15, -0.1) is 0 Å². The number of aliphatic carboxylic acids is 1. The molecule has 3 N–H and O–H groups in total. The van der Waals surface area contributed by atoms with Crippen molar-refractivity contribution in [2.45, 2.75) is 32.2 Å². The van der Waals surface area contributed by atoms with Gasteiger partial charge in [-0.2, -0.15) is 0 Å². The van der Waals surface area contributed by atoms with E-state index in [1.54, 1.807) is 30.3 Å². The van der Waals surface area contributed by atoms with E-state index in [0.717, 1.165) is 17.9 Å². The number of carbonyl (C=O) groups is 3. The monoisotopic (exact) mass is 334 g/mol. The molecule has 1 aromatic carbocycles. The van der Waals surface area contributed by atoms with Crippen molar-refractivity contribution in [3.05, 3.63) is 35.9 Å². The van der Waals surface area contributed by atoms with Crippen LogP contribution in [-0.2, 0) is 4.79 Å². The SMILES string of the molecule is C[C@@H]1CCCNN1C(=O)N(CCC(=O)O)NC(=O)c1ccccc1. The highest BCUT2D eigenvalue weighted by Crippen LogP contribution is 2.12. The third kappa shape index (κ3) is 4.69. The summed E-state index contributed by atoms with van der Waals surface area (Å²) in [6.45, 7) is 2.45. The van der Waals surface area contributed by atoms with Gasteiger partial charge in [0, 0.05) is 18.2 Å². The van der Waals surface area contributed by atoms with E-state index < -0.39 is 17.9 Å². The molecule has 0 radical (unpaired) electrons. The van der Waals surface area contributed by atoms with Crippen molar-refractivity contribution in [2.24, 2.45) is 0 Å². The normalized spacial score (nSPS) is 17.2. The summed E-state index contributed by atoms with van der Waals surface area (Å²) in [5.74, 6) is -1.50. The first-order valence-electron chi connectivity index (χ1n) is 7.91. The van der Waals surface area contributed by atoms with E-state index in [-0.39, 0.29) is 19.0 Å². The molecule has 0 aliphatic carbocycles. The van der Waals surface area contributed by atoms with E-state index in [1.165, 1.54) is 5.01 Å². The number of nitrogens with one attached hydrogen (secondary N) is 2. The number of hydrazine groups is 2. The van der Waals surface area contributed by atoms with Gasteiger partial charge in [0.25, 0.3) is 5.91 Å². The summed E-state index contributed by atoms with van der Waals surface area (Å²) in [5, 5.41) is 11.4. The minimum atomic E-state index is -1.04. The number of nitrogens with zero attached hydrogens (tertiary/aromatic N) is 2. The van der Waals surface area contributed by atoms with Crippen molar-refractivity contribution in [3.8, 4) is 0 Å². The average molecular weight is 334 g/mol. The lowest BCUT2D eigenvalue weighted by atomic mass is 10.1. The van der Waals surface area contributed by atoms with Crippen LogP contribution < -0.4 is 10.9 Å². The molecule has 1 aromatic rings. The molecule has 1 saturated heterocycles. The molecule has 0 bridgehead atoms. The van der Waals surface area contributed by atoms with Crippen LogP contribution in [0.5, 0.6) is 0 Å². The Morgan fingerprint density at radius 1 is 1.33 bits per heavy atom. The minimum absolute atomic E-state index is 0.0350. The summed E-state index contributed by atoms with van der Waals surface area (Å²) in [5.41, 5.74) is 5.89. The van der Waals surface area contributed by atoms with E-state index in [4.69, 9.17) is 5.11 Å². The molecule has 3 amide bonds. The quantitative estimate of drug-likeness (QED) is 0.719. The Balaban J connectivity index is 2.09. The molecule has 0 aromatic heterocycles. The highest BCUT2D eigenvalue weighted by molar-refractivity contribution is 5.95. The zero-order valence-corrected chi connectivity index (χ0v) is 13.6. The number of hydrogen-bond acceptors (Lipinski definition) is 4. The fourth-order valence-electron chi connectivity index (χ4n) is 2.45. The fraction of sp³-hybridized carbons (Fsp3) is 0.438. The fourth-order valence-corrected chi connectivity index (χ4v) is 2.45. The molecule has 0 spiro atoms. The molecule has 130 valence electrons. The standard InChI is InChI=1S/C16H22N4O4/c1-12-6-5-10-17-20(12)16(24)19(11-9-14(21)22)18-15(23)13-7-3-2-4-8-13/h2-4,7-8,12,17H,5-6,9-11H2,1H3,(H,18,23)(H,21,22)/t12-/m1/s1. The molecule has 1 aliphatic heterocycles. The van der Waals surface area contributed by atoms with E-state index in [2.05, 4.69) is 10.9 Å². The second kappa shape index (κ2) is 8.30. The van der Waals surface area contributed by atoms with E-state index in [9.17, 15) is 14.4 Å². The second-order valence-electron chi connectivity index (χ2n) is 5.65. The van der Waals surface area contributed by atoms with Crippen molar-refractivity contribution in [2.75, 3.05) is 13.1 Å². The molecule has 1 heterocycles. The summed E-state index contributed by atoms with van der Waals surface area (Å²) in [6, 6.07) is 7.95. The zero-order chi connectivity index (χ0) is 17.5. The number of benzene rings is 1. The van der Waals surface area contributed by atoms with Crippen LogP contribution in [0.2, 0.25) is 0 Å². The van der Waals surface area contributed by atoms with Crippen LogP contribution in [0, 0.1) is 0 Å². The zero-order valence-electron chi connectivity index (χ0n) is 13.6. The lowest BCUT2D eigenvalue weighted by molar-refractivity contribution is -0.137. The van der Waals surface area contributed by atoms with Gasteiger partial charge < -0.3 is 5.11 Å². The van der Waals surface area contributed by atoms with Gasteiger partial charge >= 0.3 is 12.0 Å². The maximum Gasteiger partial charge on any atom is 0.353 e. The highest BCUT2D eigenvalue weighted by Gasteiger charge is 2.29. The lowest BCUT2D eigenvalue weighted by Gasteiger charge is -2.37. The maximum absolute atomic E-state index is 12.7. The Morgan fingerprint density at radius 3 is 2.67 bits per heavy atom. The van der Waals surface area contributed by atoms with Crippen LogP contribution in [-0.4, -0.2) is 52.2 Å². The Hall–Kier alpha value is -2.61. The third-order valence-corrected chi connectivity index (χ3v) is 3.78. The minimum Gasteiger partial charge on any atom is -0.481 e. The van der Waals surface area contributed by atoms with Crippen LogP contribution in [0.1, 0.15) is 36.5 Å². The van der Waals surface area contributed by atoms with Gasteiger partial charge in [-0.05, 0) is 31.9 Å². The number of carboxylic acid groups (broad SMARTS) is 1. The largest absolute Gasteiger partial charge is 0.481 e. The molecule has 2 rings (SSSR count). The Morgan fingerprint density at radius 2 is 2.04 bits per heavy atom. The maximum atomic E-state index is 12.7. The smallest absolute Gasteiger partial charge is 0.353 e. The molecule has 1 fully saturated rings. The molecular weight excluding hydrogens is 312 g/mol. The molecule has 0 saturated carbocycles. The summed E-state index contributed by atoms with van der Waals surface area (Å²) < 4.78 is 0. The van der Waals surface area contributed by atoms with Crippen LogP contribution in [0.3, 0.4) is 0 Å². The topological polar surface area (TPSA) is 102 Å². The number of amides is 3.